The van der Waals surface area contributed by atoms with E-state index in [4.69, 9.17) is 5.73 Å². The number of likely N-dealkylation sites (tertiary alicyclic amines) is 1. The Labute approximate surface area is 145 Å². The summed E-state index contributed by atoms with van der Waals surface area (Å²) in [5, 5.41) is 0. The van der Waals surface area contributed by atoms with Gasteiger partial charge in [-0.2, -0.15) is 0 Å². The van der Waals surface area contributed by atoms with E-state index >= 15 is 0 Å². The summed E-state index contributed by atoms with van der Waals surface area (Å²) >= 11 is 0. The molecule has 0 bridgehead atoms. The molecule has 1 saturated carbocycles. The molecule has 3 rings (SSSR count). The van der Waals surface area contributed by atoms with E-state index < -0.39 is 0 Å². The highest BCUT2D eigenvalue weighted by molar-refractivity contribution is 5.81. The van der Waals surface area contributed by atoms with Crippen LogP contribution >= 0.6 is 0 Å². The molecule has 132 valence electrons. The monoisotopic (exact) mass is 330 g/mol. The van der Waals surface area contributed by atoms with Crippen molar-refractivity contribution in [2.24, 2.45) is 11.1 Å². The molecule has 2 aliphatic rings. The van der Waals surface area contributed by atoms with Gasteiger partial charge >= 0.3 is 0 Å². The average Bonchev–Trinajstić information content (AvgIpc) is 2.63. The van der Waals surface area contributed by atoms with Gasteiger partial charge in [-0.25, -0.2) is 9.97 Å². The predicted octanol–water partition coefficient (Wildman–Crippen LogP) is 3.00. The lowest BCUT2D eigenvalue weighted by Crippen LogP contribution is -2.49. The third-order valence-electron chi connectivity index (χ3n) is 5.96. The Bertz CT molecular complexity index is 553. The maximum Gasteiger partial charge on any atom is 0.224 e. The number of hydrogen-bond acceptors (Lipinski definition) is 4. The van der Waals surface area contributed by atoms with Gasteiger partial charge < -0.3 is 5.73 Å². The lowest BCUT2D eigenvalue weighted by Gasteiger charge is -2.40. The first-order valence-electron chi connectivity index (χ1n) is 9.46. The average molecular weight is 330 g/mol. The van der Waals surface area contributed by atoms with Crippen molar-refractivity contribution in [3.8, 4) is 0 Å². The molecule has 1 aromatic heterocycles. The molecular weight excluding hydrogens is 300 g/mol. The van der Waals surface area contributed by atoms with Gasteiger partial charge in [0.15, 0.2) is 0 Å². The Morgan fingerprint density at radius 1 is 1.25 bits per heavy atom. The van der Waals surface area contributed by atoms with Gasteiger partial charge in [0.25, 0.3) is 0 Å². The predicted molar refractivity (Wildman–Crippen MR) is 94.3 cm³/mol. The van der Waals surface area contributed by atoms with Gasteiger partial charge in [-0.1, -0.05) is 26.2 Å². The molecule has 1 saturated heterocycles. The van der Waals surface area contributed by atoms with Crippen LogP contribution in [0.1, 0.15) is 75.6 Å². The van der Waals surface area contributed by atoms with Gasteiger partial charge in [0.2, 0.25) is 5.91 Å². The second-order valence-electron chi connectivity index (χ2n) is 7.60. The molecule has 5 heteroatoms. The lowest BCUT2D eigenvalue weighted by atomic mass is 9.77. The first kappa shape index (κ1) is 17.3. The Hall–Kier alpha value is -1.49. The van der Waals surface area contributed by atoms with E-state index in [-0.39, 0.29) is 11.3 Å². The Kier molecular flexibility index (Phi) is 5.49. The summed E-state index contributed by atoms with van der Waals surface area (Å²) in [4.78, 5) is 23.5. The fourth-order valence-electron chi connectivity index (χ4n) is 4.30. The highest BCUT2D eigenvalue weighted by Gasteiger charge is 2.39. The molecule has 0 spiro atoms. The van der Waals surface area contributed by atoms with Gasteiger partial charge in [0.1, 0.15) is 5.82 Å². The highest BCUT2D eigenvalue weighted by atomic mass is 16.1. The van der Waals surface area contributed by atoms with Gasteiger partial charge in [-0.15, -0.1) is 0 Å². The first-order chi connectivity index (χ1) is 11.6. The van der Waals surface area contributed by atoms with Crippen molar-refractivity contribution in [2.75, 3.05) is 13.1 Å². The van der Waals surface area contributed by atoms with E-state index in [0.717, 1.165) is 50.3 Å². The normalized spacial score (nSPS) is 26.4. The molecule has 2 heterocycles. The van der Waals surface area contributed by atoms with Crippen LogP contribution in [0.15, 0.2) is 12.4 Å². The van der Waals surface area contributed by atoms with Gasteiger partial charge in [-0.05, 0) is 38.6 Å². The van der Waals surface area contributed by atoms with Crippen molar-refractivity contribution in [1.82, 2.24) is 14.9 Å². The van der Waals surface area contributed by atoms with E-state index in [1.165, 1.54) is 32.1 Å². The Morgan fingerprint density at radius 3 is 2.58 bits per heavy atom. The summed E-state index contributed by atoms with van der Waals surface area (Å²) in [6, 6.07) is 0. The molecule has 0 radical (unpaired) electrons. The molecule has 2 fully saturated rings. The second-order valence-corrected chi connectivity index (χ2v) is 7.60. The van der Waals surface area contributed by atoms with Crippen LogP contribution in [-0.2, 0) is 11.3 Å². The lowest BCUT2D eigenvalue weighted by molar-refractivity contribution is -0.131. The van der Waals surface area contributed by atoms with Crippen molar-refractivity contribution in [3.05, 3.63) is 23.8 Å². The maximum atomic E-state index is 11.9. The standard InChI is InChI=1S/C19H30N4O/c1-2-19(18(20)24)9-6-10-23(14-19)13-15-11-21-17(22-12-15)16-7-4-3-5-8-16/h11-12,16H,2-10,13-14H2,1H3,(H2,20,24)/t19-/m0/s1. The fraction of sp³-hybridized carbons (Fsp3) is 0.737. The van der Waals surface area contributed by atoms with Crippen LogP contribution in [0.5, 0.6) is 0 Å². The van der Waals surface area contributed by atoms with Crippen molar-refractivity contribution >= 4 is 5.91 Å². The van der Waals surface area contributed by atoms with Crippen molar-refractivity contribution in [2.45, 2.75) is 70.8 Å². The SMILES string of the molecule is CC[C@]1(C(N)=O)CCCN(Cc2cnc(C3CCCCC3)nc2)C1. The molecule has 5 nitrogen and oxygen atoms in total. The number of aromatic nitrogens is 2. The number of rotatable bonds is 5. The fourth-order valence-corrected chi connectivity index (χ4v) is 4.30. The van der Waals surface area contributed by atoms with Crippen LogP contribution < -0.4 is 5.73 Å². The third kappa shape index (κ3) is 3.77. The minimum absolute atomic E-state index is 0.154. The van der Waals surface area contributed by atoms with E-state index in [9.17, 15) is 4.79 Å². The number of piperidine rings is 1. The number of hydrogen-bond donors (Lipinski definition) is 1. The maximum absolute atomic E-state index is 11.9. The van der Waals surface area contributed by atoms with Crippen molar-refractivity contribution in [1.29, 1.82) is 0 Å². The summed E-state index contributed by atoms with van der Waals surface area (Å²) in [6.07, 6.45) is 13.1. The molecule has 0 aromatic carbocycles. The van der Waals surface area contributed by atoms with Gasteiger partial charge in [0.05, 0.1) is 5.41 Å². The van der Waals surface area contributed by atoms with E-state index in [0.29, 0.717) is 5.92 Å². The summed E-state index contributed by atoms with van der Waals surface area (Å²) in [5.41, 5.74) is 6.45. The van der Waals surface area contributed by atoms with Crippen LogP contribution in [-0.4, -0.2) is 33.9 Å². The molecule has 1 aromatic rings. The largest absolute Gasteiger partial charge is 0.369 e. The molecule has 2 N–H and O–H groups in total. The number of nitrogens with zero attached hydrogens (tertiary/aromatic N) is 3. The van der Waals surface area contributed by atoms with Crippen LogP contribution in [0.3, 0.4) is 0 Å². The zero-order valence-electron chi connectivity index (χ0n) is 14.8. The Balaban J connectivity index is 1.62. The molecule has 1 aliphatic carbocycles. The zero-order chi connectivity index (χ0) is 17.0. The summed E-state index contributed by atoms with van der Waals surface area (Å²) in [5.74, 6) is 1.40. The van der Waals surface area contributed by atoms with Crippen LogP contribution in [0, 0.1) is 5.41 Å². The van der Waals surface area contributed by atoms with Gasteiger partial charge in [-0.3, -0.25) is 9.69 Å². The number of carbonyl (C=O) groups excluding carboxylic acids is 1. The van der Waals surface area contributed by atoms with E-state index in [2.05, 4.69) is 21.8 Å². The number of primary amides is 1. The molecule has 1 atom stereocenters. The molecular formula is C19H30N4O. The number of amides is 1. The summed E-state index contributed by atoms with van der Waals surface area (Å²) < 4.78 is 0. The zero-order valence-corrected chi connectivity index (χ0v) is 14.8. The Morgan fingerprint density at radius 2 is 1.96 bits per heavy atom. The first-order valence-corrected chi connectivity index (χ1v) is 9.46. The van der Waals surface area contributed by atoms with E-state index in [1.54, 1.807) is 0 Å². The van der Waals surface area contributed by atoms with E-state index in [1.807, 2.05) is 12.4 Å². The minimum Gasteiger partial charge on any atom is -0.369 e. The minimum atomic E-state index is -0.360. The quantitative estimate of drug-likeness (QED) is 0.901. The van der Waals surface area contributed by atoms with Crippen molar-refractivity contribution < 1.29 is 4.79 Å². The number of carbonyl (C=O) groups is 1. The van der Waals surface area contributed by atoms with Crippen LogP contribution in [0.2, 0.25) is 0 Å². The molecule has 1 aliphatic heterocycles. The highest BCUT2D eigenvalue weighted by Crippen LogP contribution is 2.34. The topological polar surface area (TPSA) is 72.1 Å². The molecule has 24 heavy (non-hydrogen) atoms. The van der Waals surface area contributed by atoms with Crippen LogP contribution in [0.4, 0.5) is 0 Å². The second kappa shape index (κ2) is 7.60. The summed E-state index contributed by atoms with van der Waals surface area (Å²) in [6.45, 7) is 4.64. The molecule has 1 amide bonds. The van der Waals surface area contributed by atoms with Crippen LogP contribution in [0.25, 0.3) is 0 Å². The van der Waals surface area contributed by atoms with Gasteiger partial charge in [0, 0.05) is 37.0 Å². The van der Waals surface area contributed by atoms with Crippen molar-refractivity contribution in [3.63, 3.8) is 0 Å². The molecule has 0 unspecified atom stereocenters. The smallest absolute Gasteiger partial charge is 0.224 e. The summed E-state index contributed by atoms with van der Waals surface area (Å²) in [7, 11) is 0. The number of nitrogens with two attached hydrogens (primary N) is 1. The third-order valence-corrected chi connectivity index (χ3v) is 5.96.